The Labute approximate surface area is 95.4 Å². The SMILES string of the molecule is NCc1cn(CCN2CCCOCC2)nn1. The Bertz CT molecular complexity index is 306. The maximum absolute atomic E-state index is 5.48. The third-order valence-electron chi connectivity index (χ3n) is 2.76. The molecule has 2 heterocycles. The van der Waals surface area contributed by atoms with Gasteiger partial charge in [-0.1, -0.05) is 5.21 Å². The summed E-state index contributed by atoms with van der Waals surface area (Å²) < 4.78 is 7.26. The van der Waals surface area contributed by atoms with Crippen LogP contribution in [0.25, 0.3) is 0 Å². The minimum Gasteiger partial charge on any atom is -0.380 e. The van der Waals surface area contributed by atoms with Gasteiger partial charge in [0.05, 0.1) is 18.8 Å². The number of ether oxygens (including phenoxy) is 1. The van der Waals surface area contributed by atoms with Crippen molar-refractivity contribution in [3.05, 3.63) is 11.9 Å². The van der Waals surface area contributed by atoms with Gasteiger partial charge in [0.15, 0.2) is 0 Å². The van der Waals surface area contributed by atoms with E-state index in [0.29, 0.717) is 6.54 Å². The van der Waals surface area contributed by atoms with E-state index in [1.165, 1.54) is 0 Å². The predicted molar refractivity (Wildman–Crippen MR) is 59.8 cm³/mol. The Kier molecular flexibility index (Phi) is 4.26. The third kappa shape index (κ3) is 3.26. The molecule has 1 fully saturated rings. The first-order valence-electron chi connectivity index (χ1n) is 5.77. The molecule has 0 atom stereocenters. The molecule has 6 nitrogen and oxygen atoms in total. The van der Waals surface area contributed by atoms with Crippen LogP contribution in [0.4, 0.5) is 0 Å². The summed E-state index contributed by atoms with van der Waals surface area (Å²) in [6.07, 6.45) is 3.03. The summed E-state index contributed by atoms with van der Waals surface area (Å²) in [6, 6.07) is 0. The zero-order valence-electron chi connectivity index (χ0n) is 9.51. The smallest absolute Gasteiger partial charge is 0.0962 e. The zero-order chi connectivity index (χ0) is 11.2. The van der Waals surface area contributed by atoms with Crippen molar-refractivity contribution < 1.29 is 4.74 Å². The van der Waals surface area contributed by atoms with E-state index >= 15 is 0 Å². The van der Waals surface area contributed by atoms with Gasteiger partial charge in [-0.3, -0.25) is 9.58 Å². The summed E-state index contributed by atoms with van der Waals surface area (Å²) in [7, 11) is 0. The molecule has 0 saturated carbocycles. The molecule has 1 aromatic heterocycles. The average Bonchev–Trinajstić information content (AvgIpc) is 2.61. The highest BCUT2D eigenvalue weighted by atomic mass is 16.5. The number of rotatable bonds is 4. The Morgan fingerprint density at radius 1 is 1.31 bits per heavy atom. The minimum atomic E-state index is 0.456. The lowest BCUT2D eigenvalue weighted by Crippen LogP contribution is -2.30. The normalized spacial score (nSPS) is 18.6. The van der Waals surface area contributed by atoms with Crippen molar-refractivity contribution >= 4 is 0 Å². The first kappa shape index (κ1) is 11.5. The van der Waals surface area contributed by atoms with Crippen LogP contribution in [0.15, 0.2) is 6.20 Å². The Morgan fingerprint density at radius 2 is 2.25 bits per heavy atom. The van der Waals surface area contributed by atoms with E-state index in [9.17, 15) is 0 Å². The Balaban J connectivity index is 1.77. The van der Waals surface area contributed by atoms with Crippen LogP contribution in [0.1, 0.15) is 12.1 Å². The van der Waals surface area contributed by atoms with E-state index in [4.69, 9.17) is 10.5 Å². The van der Waals surface area contributed by atoms with E-state index < -0.39 is 0 Å². The fourth-order valence-corrected chi connectivity index (χ4v) is 1.81. The third-order valence-corrected chi connectivity index (χ3v) is 2.76. The van der Waals surface area contributed by atoms with Crippen molar-refractivity contribution in [3.8, 4) is 0 Å². The lowest BCUT2D eigenvalue weighted by Gasteiger charge is -2.18. The van der Waals surface area contributed by atoms with Gasteiger partial charge in [-0.25, -0.2) is 0 Å². The molecule has 1 aliphatic heterocycles. The van der Waals surface area contributed by atoms with E-state index in [1.807, 2.05) is 10.9 Å². The van der Waals surface area contributed by atoms with Gasteiger partial charge in [0.1, 0.15) is 0 Å². The fraction of sp³-hybridized carbons (Fsp3) is 0.800. The summed E-state index contributed by atoms with van der Waals surface area (Å²) >= 11 is 0. The topological polar surface area (TPSA) is 69.2 Å². The molecule has 0 spiro atoms. The lowest BCUT2D eigenvalue weighted by atomic mass is 10.4. The van der Waals surface area contributed by atoms with Crippen LogP contribution in [0.5, 0.6) is 0 Å². The van der Waals surface area contributed by atoms with Gasteiger partial charge >= 0.3 is 0 Å². The van der Waals surface area contributed by atoms with Crippen molar-refractivity contribution in [3.63, 3.8) is 0 Å². The van der Waals surface area contributed by atoms with Crippen LogP contribution >= 0.6 is 0 Å². The van der Waals surface area contributed by atoms with Gasteiger partial charge in [-0.05, 0) is 6.42 Å². The molecular weight excluding hydrogens is 206 g/mol. The molecule has 90 valence electrons. The number of hydrogen-bond donors (Lipinski definition) is 1. The zero-order valence-corrected chi connectivity index (χ0v) is 9.51. The molecule has 0 aliphatic carbocycles. The summed E-state index contributed by atoms with van der Waals surface area (Å²) in [6.45, 7) is 6.17. The molecule has 0 unspecified atom stereocenters. The molecule has 1 saturated heterocycles. The molecule has 6 heteroatoms. The summed E-state index contributed by atoms with van der Waals surface area (Å²) in [4.78, 5) is 2.40. The Morgan fingerprint density at radius 3 is 3.06 bits per heavy atom. The Hall–Kier alpha value is -0.980. The second kappa shape index (κ2) is 5.93. The molecule has 0 bridgehead atoms. The molecule has 0 amide bonds. The van der Waals surface area contributed by atoms with Crippen molar-refractivity contribution in [1.82, 2.24) is 19.9 Å². The first-order valence-corrected chi connectivity index (χ1v) is 5.77. The van der Waals surface area contributed by atoms with Crippen LogP contribution in [0, 0.1) is 0 Å². The van der Waals surface area contributed by atoms with E-state index in [2.05, 4.69) is 15.2 Å². The van der Waals surface area contributed by atoms with Gasteiger partial charge < -0.3 is 10.5 Å². The van der Waals surface area contributed by atoms with Crippen LogP contribution in [0.2, 0.25) is 0 Å². The molecule has 1 aliphatic rings. The van der Waals surface area contributed by atoms with Crippen LogP contribution in [-0.4, -0.2) is 52.7 Å². The summed E-state index contributed by atoms with van der Waals surface area (Å²) in [5.74, 6) is 0. The number of hydrogen-bond acceptors (Lipinski definition) is 5. The fourth-order valence-electron chi connectivity index (χ4n) is 1.81. The van der Waals surface area contributed by atoms with Gasteiger partial charge in [-0.15, -0.1) is 5.10 Å². The highest BCUT2D eigenvalue weighted by Gasteiger charge is 2.09. The van der Waals surface area contributed by atoms with E-state index in [-0.39, 0.29) is 0 Å². The van der Waals surface area contributed by atoms with Crippen LogP contribution in [-0.2, 0) is 17.8 Å². The number of nitrogens with two attached hydrogens (primary N) is 1. The molecule has 2 N–H and O–H groups in total. The first-order chi connectivity index (χ1) is 7.88. The van der Waals surface area contributed by atoms with Crippen molar-refractivity contribution in [1.29, 1.82) is 0 Å². The van der Waals surface area contributed by atoms with Gasteiger partial charge in [-0.2, -0.15) is 0 Å². The van der Waals surface area contributed by atoms with E-state index in [0.717, 1.165) is 51.5 Å². The second-order valence-electron chi connectivity index (χ2n) is 3.98. The maximum atomic E-state index is 5.48. The number of nitrogens with zero attached hydrogens (tertiary/aromatic N) is 4. The highest BCUT2D eigenvalue weighted by molar-refractivity contribution is 4.90. The largest absolute Gasteiger partial charge is 0.380 e. The van der Waals surface area contributed by atoms with Crippen molar-refractivity contribution in [2.24, 2.45) is 5.73 Å². The summed E-state index contributed by atoms with van der Waals surface area (Å²) in [5.41, 5.74) is 6.33. The highest BCUT2D eigenvalue weighted by Crippen LogP contribution is 1.99. The molecule has 0 radical (unpaired) electrons. The standard InChI is InChI=1S/C10H19N5O/c11-8-10-9-15(13-12-10)4-3-14-2-1-6-16-7-5-14/h9H,1-8,11H2. The number of aromatic nitrogens is 3. The molecule has 16 heavy (non-hydrogen) atoms. The average molecular weight is 225 g/mol. The molecular formula is C10H19N5O. The second-order valence-corrected chi connectivity index (χ2v) is 3.98. The van der Waals surface area contributed by atoms with Gasteiger partial charge in [0.25, 0.3) is 0 Å². The van der Waals surface area contributed by atoms with Crippen LogP contribution < -0.4 is 5.73 Å². The van der Waals surface area contributed by atoms with Gasteiger partial charge in [0.2, 0.25) is 0 Å². The van der Waals surface area contributed by atoms with Crippen molar-refractivity contribution in [2.45, 2.75) is 19.5 Å². The summed E-state index contributed by atoms with van der Waals surface area (Å²) in [5, 5.41) is 7.99. The molecule has 0 aromatic carbocycles. The predicted octanol–water partition coefficient (Wildman–Crippen LogP) is -0.541. The van der Waals surface area contributed by atoms with Gasteiger partial charge in [0, 0.05) is 39.0 Å². The van der Waals surface area contributed by atoms with E-state index in [1.54, 1.807) is 0 Å². The maximum Gasteiger partial charge on any atom is 0.0962 e. The quantitative estimate of drug-likeness (QED) is 0.745. The lowest BCUT2D eigenvalue weighted by molar-refractivity contribution is 0.140. The minimum absolute atomic E-state index is 0.456. The molecule has 2 rings (SSSR count). The van der Waals surface area contributed by atoms with Crippen LogP contribution in [0.3, 0.4) is 0 Å². The molecule has 1 aromatic rings. The monoisotopic (exact) mass is 225 g/mol. The van der Waals surface area contributed by atoms with Crippen molar-refractivity contribution in [2.75, 3.05) is 32.8 Å².